The number of esters is 1. The Hall–Kier alpha value is -1.95. The second-order valence-electron chi connectivity index (χ2n) is 2.94. The molecular weight excluding hydrogens is 192 g/mol. The molecule has 0 amide bonds. The molecule has 0 spiro atoms. The Labute approximate surface area is 89.0 Å². The molecule has 0 saturated carbocycles. The molecule has 0 N–H and O–H groups in total. The van der Waals surface area contributed by atoms with E-state index in [1.54, 1.807) is 38.3 Å². The molecule has 3 heteroatoms. The maximum absolute atomic E-state index is 11.5. The van der Waals surface area contributed by atoms with Crippen LogP contribution in [-0.2, 0) is 4.74 Å². The number of hydrogen-bond acceptors (Lipinski definition) is 3. The maximum atomic E-state index is 11.5. The molecule has 0 aromatic heterocycles. The zero-order chi connectivity index (χ0) is 11.3. The Morgan fingerprint density at radius 1 is 1.40 bits per heavy atom. The van der Waals surface area contributed by atoms with Crippen LogP contribution in [0.25, 0.3) is 0 Å². The fraction of sp³-hybridized carbons (Fsp3) is 0.250. The van der Waals surface area contributed by atoms with Crippen molar-refractivity contribution in [2.24, 2.45) is 0 Å². The van der Waals surface area contributed by atoms with Gasteiger partial charge in [-0.1, -0.05) is 5.92 Å². The molecule has 0 fully saturated rings. The first-order valence-corrected chi connectivity index (χ1v) is 4.48. The predicted molar refractivity (Wildman–Crippen MR) is 56.7 cm³/mol. The van der Waals surface area contributed by atoms with Gasteiger partial charge in [-0.15, -0.1) is 6.42 Å². The summed E-state index contributed by atoms with van der Waals surface area (Å²) in [6.07, 6.45) is 4.58. The topological polar surface area (TPSA) is 35.5 Å². The lowest BCUT2D eigenvalue weighted by Crippen LogP contribution is -2.12. The Bertz CT molecular complexity index is 373. The smallest absolute Gasteiger partial charge is 0.339 e. The van der Waals surface area contributed by atoms with Crippen molar-refractivity contribution in [2.45, 2.75) is 13.0 Å². The van der Waals surface area contributed by atoms with E-state index in [-0.39, 0.29) is 0 Å². The molecule has 0 unspecified atom stereocenters. The van der Waals surface area contributed by atoms with E-state index in [0.29, 0.717) is 11.3 Å². The van der Waals surface area contributed by atoms with Crippen LogP contribution in [0.3, 0.4) is 0 Å². The lowest BCUT2D eigenvalue weighted by molar-refractivity contribution is 0.0439. The largest absolute Gasteiger partial charge is 0.497 e. The van der Waals surface area contributed by atoms with Gasteiger partial charge in [0.1, 0.15) is 5.75 Å². The Morgan fingerprint density at radius 3 is 2.47 bits per heavy atom. The first-order valence-electron chi connectivity index (χ1n) is 4.48. The van der Waals surface area contributed by atoms with Gasteiger partial charge in [-0.05, 0) is 31.2 Å². The molecule has 1 rings (SSSR count). The molecule has 15 heavy (non-hydrogen) atoms. The molecule has 0 aliphatic carbocycles. The highest BCUT2D eigenvalue weighted by molar-refractivity contribution is 5.89. The molecule has 0 bridgehead atoms. The number of methoxy groups -OCH3 is 1. The van der Waals surface area contributed by atoms with Gasteiger partial charge in [0.15, 0.2) is 6.10 Å². The molecule has 78 valence electrons. The summed E-state index contributed by atoms with van der Waals surface area (Å²) in [5.41, 5.74) is 0.456. The van der Waals surface area contributed by atoms with E-state index in [1.807, 2.05) is 0 Å². The monoisotopic (exact) mass is 204 g/mol. The normalized spacial score (nSPS) is 11.3. The van der Waals surface area contributed by atoms with E-state index in [4.69, 9.17) is 15.9 Å². The van der Waals surface area contributed by atoms with Crippen LogP contribution in [-0.4, -0.2) is 19.2 Å². The van der Waals surface area contributed by atoms with Crippen LogP contribution in [0.5, 0.6) is 5.75 Å². The highest BCUT2D eigenvalue weighted by Gasteiger charge is 2.09. The first-order chi connectivity index (χ1) is 7.17. The number of hydrogen-bond donors (Lipinski definition) is 0. The van der Waals surface area contributed by atoms with Gasteiger partial charge in [-0.25, -0.2) is 4.79 Å². The summed E-state index contributed by atoms with van der Waals surface area (Å²) in [5, 5.41) is 0. The summed E-state index contributed by atoms with van der Waals surface area (Å²) in [6.45, 7) is 1.64. The quantitative estimate of drug-likeness (QED) is 0.557. The van der Waals surface area contributed by atoms with Gasteiger partial charge in [-0.2, -0.15) is 0 Å². The van der Waals surface area contributed by atoms with E-state index >= 15 is 0 Å². The van der Waals surface area contributed by atoms with Crippen LogP contribution in [0.15, 0.2) is 24.3 Å². The highest BCUT2D eigenvalue weighted by atomic mass is 16.5. The standard InChI is InChI=1S/C12H12O3/c1-4-9(2)15-12(13)10-5-7-11(14-3)8-6-10/h1,5-9H,2-3H3/t9-/m1/s1. The molecule has 1 atom stereocenters. The third-order valence-corrected chi connectivity index (χ3v) is 1.84. The third kappa shape index (κ3) is 3.03. The van der Waals surface area contributed by atoms with Crippen molar-refractivity contribution >= 4 is 5.97 Å². The minimum Gasteiger partial charge on any atom is -0.497 e. The number of carbonyl (C=O) groups excluding carboxylic acids is 1. The zero-order valence-electron chi connectivity index (χ0n) is 8.69. The number of benzene rings is 1. The fourth-order valence-corrected chi connectivity index (χ4v) is 0.990. The van der Waals surface area contributed by atoms with Gasteiger partial charge in [0.2, 0.25) is 0 Å². The summed E-state index contributed by atoms with van der Waals surface area (Å²) in [6, 6.07) is 6.64. The maximum Gasteiger partial charge on any atom is 0.339 e. The average molecular weight is 204 g/mol. The van der Waals surface area contributed by atoms with E-state index in [9.17, 15) is 4.79 Å². The lowest BCUT2D eigenvalue weighted by atomic mass is 10.2. The molecule has 0 saturated heterocycles. The van der Waals surface area contributed by atoms with Crippen molar-refractivity contribution in [1.29, 1.82) is 0 Å². The van der Waals surface area contributed by atoms with E-state index in [2.05, 4.69) is 5.92 Å². The van der Waals surface area contributed by atoms with Crippen LogP contribution in [0.1, 0.15) is 17.3 Å². The van der Waals surface area contributed by atoms with Crippen molar-refractivity contribution in [3.05, 3.63) is 29.8 Å². The molecule has 0 heterocycles. The second-order valence-corrected chi connectivity index (χ2v) is 2.94. The molecule has 0 radical (unpaired) electrons. The SMILES string of the molecule is C#C[C@@H](C)OC(=O)c1ccc(OC)cc1. The van der Waals surface area contributed by atoms with Crippen molar-refractivity contribution < 1.29 is 14.3 Å². The minimum atomic E-state index is -0.514. The minimum absolute atomic E-state index is 0.428. The molecule has 0 aliphatic rings. The van der Waals surface area contributed by atoms with E-state index < -0.39 is 12.1 Å². The summed E-state index contributed by atoms with van der Waals surface area (Å²) < 4.78 is 9.91. The number of ether oxygens (including phenoxy) is 2. The number of rotatable bonds is 3. The van der Waals surface area contributed by atoms with Crippen LogP contribution >= 0.6 is 0 Å². The van der Waals surface area contributed by atoms with Gasteiger partial charge in [0.05, 0.1) is 12.7 Å². The fourth-order valence-electron chi connectivity index (χ4n) is 0.990. The zero-order valence-corrected chi connectivity index (χ0v) is 8.69. The van der Waals surface area contributed by atoms with Gasteiger partial charge in [-0.3, -0.25) is 0 Å². The Balaban J connectivity index is 2.71. The van der Waals surface area contributed by atoms with Crippen LogP contribution in [0.2, 0.25) is 0 Å². The van der Waals surface area contributed by atoms with Crippen LogP contribution < -0.4 is 4.74 Å². The molecular formula is C12H12O3. The first kappa shape index (κ1) is 11.1. The summed E-state index contributed by atoms with van der Waals surface area (Å²) in [4.78, 5) is 11.5. The summed E-state index contributed by atoms with van der Waals surface area (Å²) >= 11 is 0. The van der Waals surface area contributed by atoms with Gasteiger partial charge >= 0.3 is 5.97 Å². The van der Waals surface area contributed by atoms with Crippen LogP contribution in [0.4, 0.5) is 0 Å². The Morgan fingerprint density at radius 2 is 2.00 bits per heavy atom. The summed E-state index contributed by atoms with van der Waals surface area (Å²) in [5.74, 6) is 2.58. The van der Waals surface area contributed by atoms with E-state index in [1.165, 1.54) is 0 Å². The van der Waals surface area contributed by atoms with Crippen molar-refractivity contribution in [3.8, 4) is 18.1 Å². The number of terminal acetylenes is 1. The third-order valence-electron chi connectivity index (χ3n) is 1.84. The Kier molecular flexibility index (Phi) is 3.75. The van der Waals surface area contributed by atoms with Gasteiger partial charge in [0, 0.05) is 0 Å². The van der Waals surface area contributed by atoms with Crippen molar-refractivity contribution in [3.63, 3.8) is 0 Å². The average Bonchev–Trinajstić information content (AvgIpc) is 2.29. The van der Waals surface area contributed by atoms with Gasteiger partial charge < -0.3 is 9.47 Å². The second kappa shape index (κ2) is 5.06. The molecule has 1 aromatic carbocycles. The van der Waals surface area contributed by atoms with Crippen LogP contribution in [0, 0.1) is 12.3 Å². The number of carbonyl (C=O) groups is 1. The molecule has 1 aromatic rings. The van der Waals surface area contributed by atoms with Gasteiger partial charge in [0.25, 0.3) is 0 Å². The summed E-state index contributed by atoms with van der Waals surface area (Å²) in [7, 11) is 1.56. The van der Waals surface area contributed by atoms with Crippen molar-refractivity contribution in [1.82, 2.24) is 0 Å². The van der Waals surface area contributed by atoms with Crippen molar-refractivity contribution in [2.75, 3.05) is 7.11 Å². The van der Waals surface area contributed by atoms with E-state index in [0.717, 1.165) is 0 Å². The highest BCUT2D eigenvalue weighted by Crippen LogP contribution is 2.12. The lowest BCUT2D eigenvalue weighted by Gasteiger charge is -2.07. The molecule has 3 nitrogen and oxygen atoms in total. The predicted octanol–water partition coefficient (Wildman–Crippen LogP) is 1.87. The molecule has 0 aliphatic heterocycles.